The predicted molar refractivity (Wildman–Crippen MR) is 158 cm³/mol. The van der Waals surface area contributed by atoms with Gasteiger partial charge in [-0.2, -0.15) is 8.78 Å². The summed E-state index contributed by atoms with van der Waals surface area (Å²) in [7, 11) is -2.91. The standard InChI is InChI=1S/C35H38F2O4S/c1-24(2)31(40-32(38)34-21-25-18-26(22-34)20-27(19-25)23-34)35(36,37)33(39)41-42(28-12-6-3-7-13-28,29-14-8-4-9-15-29)30-16-10-5-11-17-30/h3-17,24-27,31H,18-23H2,1-2H3. The van der Waals surface area contributed by atoms with Crippen LogP contribution in [0.2, 0.25) is 0 Å². The fraction of sp³-hybridized carbons (Fsp3) is 0.429. The number of carbonyl (C=O) groups is 2. The molecule has 0 spiro atoms. The normalized spacial score (nSPS) is 26.1. The smallest absolute Gasteiger partial charge is 0.392 e. The molecule has 4 saturated carbocycles. The zero-order valence-electron chi connectivity index (χ0n) is 24.1. The molecule has 0 aliphatic heterocycles. The van der Waals surface area contributed by atoms with Crippen molar-refractivity contribution in [2.24, 2.45) is 29.1 Å². The van der Waals surface area contributed by atoms with Crippen molar-refractivity contribution in [2.75, 3.05) is 0 Å². The Kier molecular flexibility index (Phi) is 7.67. The van der Waals surface area contributed by atoms with E-state index in [1.54, 1.807) is 86.6 Å². The highest BCUT2D eigenvalue weighted by Gasteiger charge is 2.59. The van der Waals surface area contributed by atoms with Crippen molar-refractivity contribution in [2.45, 2.75) is 79.1 Å². The van der Waals surface area contributed by atoms with E-state index in [9.17, 15) is 9.59 Å². The molecule has 0 radical (unpaired) electrons. The van der Waals surface area contributed by atoms with Crippen LogP contribution in [0, 0.1) is 29.1 Å². The Hall–Kier alpha value is -3.19. The molecule has 0 N–H and O–H groups in total. The van der Waals surface area contributed by atoms with Gasteiger partial charge >= 0.3 is 17.9 Å². The summed E-state index contributed by atoms with van der Waals surface area (Å²) in [5, 5.41) is 0. The predicted octanol–water partition coefficient (Wildman–Crippen LogP) is 8.85. The first-order valence-electron chi connectivity index (χ1n) is 15.0. The fourth-order valence-electron chi connectivity index (χ4n) is 7.90. The van der Waals surface area contributed by atoms with E-state index >= 15 is 8.78 Å². The van der Waals surface area contributed by atoms with E-state index in [1.165, 1.54) is 0 Å². The molecule has 0 aromatic heterocycles. The zero-order chi connectivity index (χ0) is 29.5. The van der Waals surface area contributed by atoms with Crippen LogP contribution in [0.4, 0.5) is 8.78 Å². The van der Waals surface area contributed by atoms with Crippen molar-refractivity contribution < 1.29 is 27.3 Å². The summed E-state index contributed by atoms with van der Waals surface area (Å²) in [6.07, 6.45) is 3.50. The minimum atomic E-state index is -4.07. The van der Waals surface area contributed by atoms with E-state index < -0.39 is 45.6 Å². The van der Waals surface area contributed by atoms with E-state index in [0.29, 0.717) is 51.7 Å². The SMILES string of the molecule is CC(C)C(OC(=O)C12CC3CC(CC(C3)C1)C2)C(F)(F)C(=O)OS(c1ccccc1)(c1ccccc1)c1ccccc1. The van der Waals surface area contributed by atoms with Gasteiger partial charge in [-0.15, -0.1) is 0 Å². The molecule has 4 aliphatic rings. The third-order valence-electron chi connectivity index (χ3n) is 9.37. The molecule has 7 heteroatoms. The molecule has 0 saturated heterocycles. The first-order chi connectivity index (χ1) is 20.1. The Balaban J connectivity index is 1.35. The zero-order valence-corrected chi connectivity index (χ0v) is 24.9. The van der Waals surface area contributed by atoms with Gasteiger partial charge in [-0.25, -0.2) is 4.79 Å². The molecule has 1 atom stereocenters. The van der Waals surface area contributed by atoms with Gasteiger partial charge in [-0.1, -0.05) is 68.4 Å². The lowest BCUT2D eigenvalue weighted by Gasteiger charge is -2.55. The Bertz CT molecular complexity index is 1280. The highest BCUT2D eigenvalue weighted by Crippen LogP contribution is 2.69. The van der Waals surface area contributed by atoms with Crippen molar-refractivity contribution in [3.63, 3.8) is 0 Å². The second-order valence-electron chi connectivity index (χ2n) is 12.8. The number of halogens is 2. The van der Waals surface area contributed by atoms with Gasteiger partial charge in [0.1, 0.15) is 0 Å². The molecular weight excluding hydrogens is 554 g/mol. The van der Waals surface area contributed by atoms with Gasteiger partial charge in [0.05, 0.1) is 5.41 Å². The van der Waals surface area contributed by atoms with Crippen LogP contribution in [0.3, 0.4) is 0 Å². The van der Waals surface area contributed by atoms with Crippen molar-refractivity contribution in [3.8, 4) is 0 Å². The summed E-state index contributed by atoms with van der Waals surface area (Å²) in [4.78, 5) is 29.4. The summed E-state index contributed by atoms with van der Waals surface area (Å²) in [6, 6.07) is 27.1. The van der Waals surface area contributed by atoms with Gasteiger partial charge in [0.25, 0.3) is 0 Å². The highest BCUT2D eigenvalue weighted by atomic mass is 32.3. The third-order valence-corrected chi connectivity index (χ3v) is 12.6. The molecular formula is C35H38F2O4S. The van der Waals surface area contributed by atoms with Crippen molar-refractivity contribution in [1.29, 1.82) is 0 Å². The quantitative estimate of drug-likeness (QED) is 0.233. The molecule has 3 aromatic carbocycles. The van der Waals surface area contributed by atoms with Gasteiger partial charge in [0, 0.05) is 14.7 Å². The Labute approximate surface area is 248 Å². The minimum absolute atomic E-state index is 0.457. The lowest BCUT2D eigenvalue weighted by Crippen LogP contribution is -2.54. The molecule has 7 rings (SSSR count). The van der Waals surface area contributed by atoms with Gasteiger partial charge in [0.2, 0.25) is 0 Å². The van der Waals surface area contributed by atoms with Crippen molar-refractivity contribution >= 4 is 22.2 Å². The fourth-order valence-corrected chi connectivity index (χ4v) is 11.0. The highest BCUT2D eigenvalue weighted by molar-refractivity contribution is 8.30. The number of hydrogen-bond donors (Lipinski definition) is 0. The molecule has 1 unspecified atom stereocenters. The third kappa shape index (κ3) is 5.04. The lowest BCUT2D eigenvalue weighted by atomic mass is 9.49. The van der Waals surface area contributed by atoms with E-state index in [4.69, 9.17) is 8.92 Å². The summed E-state index contributed by atoms with van der Waals surface area (Å²) in [5.41, 5.74) is -0.713. The average molecular weight is 593 g/mol. The average Bonchev–Trinajstić information content (AvgIpc) is 2.98. The summed E-state index contributed by atoms with van der Waals surface area (Å²) < 4.78 is 44.7. The molecule has 222 valence electrons. The maximum Gasteiger partial charge on any atom is 0.392 e. The number of esters is 1. The van der Waals surface area contributed by atoms with Crippen molar-refractivity contribution in [3.05, 3.63) is 91.0 Å². The number of benzene rings is 3. The van der Waals surface area contributed by atoms with Gasteiger partial charge in [-0.3, -0.25) is 4.79 Å². The van der Waals surface area contributed by atoms with Gasteiger partial charge in [-0.05, 0) is 109 Å². The first kappa shape index (κ1) is 28.9. The van der Waals surface area contributed by atoms with E-state index in [0.717, 1.165) is 19.3 Å². The van der Waals surface area contributed by atoms with Crippen LogP contribution in [0.1, 0.15) is 52.4 Å². The van der Waals surface area contributed by atoms with E-state index in [1.807, 2.05) is 18.2 Å². The molecule has 0 heterocycles. The van der Waals surface area contributed by atoms with Crippen LogP contribution in [0.25, 0.3) is 0 Å². The Morgan fingerprint density at radius 2 is 1.12 bits per heavy atom. The Morgan fingerprint density at radius 1 is 0.738 bits per heavy atom. The molecule has 0 amide bonds. The molecule has 4 aliphatic carbocycles. The first-order valence-corrected chi connectivity index (χ1v) is 16.5. The number of ether oxygens (including phenoxy) is 1. The summed E-state index contributed by atoms with van der Waals surface area (Å²) in [5.74, 6) is -5.76. The molecule has 4 bridgehead atoms. The maximum atomic E-state index is 16.4. The van der Waals surface area contributed by atoms with Gasteiger partial charge < -0.3 is 8.92 Å². The second kappa shape index (κ2) is 11.1. The number of rotatable bonds is 9. The van der Waals surface area contributed by atoms with Crippen LogP contribution in [-0.2, 0) is 18.5 Å². The van der Waals surface area contributed by atoms with Crippen LogP contribution < -0.4 is 0 Å². The summed E-state index contributed by atoms with van der Waals surface area (Å²) >= 11 is 0. The van der Waals surface area contributed by atoms with Crippen LogP contribution in [-0.4, -0.2) is 24.0 Å². The van der Waals surface area contributed by atoms with E-state index in [2.05, 4.69) is 0 Å². The minimum Gasteiger partial charge on any atom is -0.455 e. The lowest BCUT2D eigenvalue weighted by molar-refractivity contribution is -0.209. The maximum absolute atomic E-state index is 16.4. The van der Waals surface area contributed by atoms with Crippen LogP contribution in [0.15, 0.2) is 106 Å². The number of alkyl halides is 2. The summed E-state index contributed by atoms with van der Waals surface area (Å²) in [6.45, 7) is 3.12. The van der Waals surface area contributed by atoms with Crippen LogP contribution in [0.5, 0.6) is 0 Å². The molecule has 4 nitrogen and oxygen atoms in total. The number of hydrogen-bond acceptors (Lipinski definition) is 4. The van der Waals surface area contributed by atoms with Crippen LogP contribution >= 0.6 is 10.3 Å². The Morgan fingerprint density at radius 3 is 1.48 bits per heavy atom. The van der Waals surface area contributed by atoms with E-state index in [-0.39, 0.29) is 0 Å². The van der Waals surface area contributed by atoms with Crippen molar-refractivity contribution in [1.82, 2.24) is 0 Å². The molecule has 42 heavy (non-hydrogen) atoms. The monoisotopic (exact) mass is 592 g/mol. The van der Waals surface area contributed by atoms with Gasteiger partial charge in [0.15, 0.2) is 6.10 Å². The second-order valence-corrected chi connectivity index (χ2v) is 15.5. The number of carbonyl (C=O) groups excluding carboxylic acids is 2. The largest absolute Gasteiger partial charge is 0.455 e. The topological polar surface area (TPSA) is 52.6 Å². The molecule has 4 fully saturated rings. The molecule has 3 aromatic rings.